The van der Waals surface area contributed by atoms with Crippen molar-refractivity contribution in [3.05, 3.63) is 23.8 Å². The second-order valence-electron chi connectivity index (χ2n) is 5.07. The molecule has 0 aliphatic carbocycles. The maximum atomic E-state index is 11.8. The molecule has 1 aromatic carbocycles. The van der Waals surface area contributed by atoms with Gasteiger partial charge in [-0.05, 0) is 31.2 Å². The summed E-state index contributed by atoms with van der Waals surface area (Å²) >= 11 is 0. The highest BCUT2D eigenvalue weighted by molar-refractivity contribution is 5.98. The first-order valence-electron chi connectivity index (χ1n) is 7.41. The lowest BCUT2D eigenvalue weighted by atomic mass is 10.1. The molecule has 0 radical (unpaired) electrons. The van der Waals surface area contributed by atoms with Crippen LogP contribution in [0.1, 0.15) is 55.8 Å². The van der Waals surface area contributed by atoms with Gasteiger partial charge in [-0.25, -0.2) is 0 Å². The molecule has 4 heteroatoms. The Morgan fingerprint density at radius 3 is 2.45 bits per heavy atom. The fourth-order valence-electron chi connectivity index (χ4n) is 2.03. The highest BCUT2D eigenvalue weighted by Gasteiger charge is 2.08. The summed E-state index contributed by atoms with van der Waals surface area (Å²) in [5.41, 5.74) is 0.413. The molecule has 1 rings (SSSR count). The van der Waals surface area contributed by atoms with Crippen molar-refractivity contribution < 1.29 is 15.0 Å². The van der Waals surface area contributed by atoms with Crippen LogP contribution in [0.3, 0.4) is 0 Å². The summed E-state index contributed by atoms with van der Waals surface area (Å²) in [4.78, 5) is 11.8. The summed E-state index contributed by atoms with van der Waals surface area (Å²) in [6.07, 6.45) is 7.39. The Hall–Kier alpha value is -1.55. The van der Waals surface area contributed by atoms with E-state index in [1.165, 1.54) is 50.3 Å². The molecule has 0 saturated heterocycles. The number of nitrogens with one attached hydrogen (secondary N) is 1. The maximum absolute atomic E-state index is 11.8. The molecule has 0 aromatic heterocycles. The fourth-order valence-corrected chi connectivity index (χ4v) is 2.03. The number of hydrogen-bond donors (Lipinski definition) is 3. The topological polar surface area (TPSA) is 69.6 Å². The minimum absolute atomic E-state index is 0.0775. The van der Waals surface area contributed by atoms with Gasteiger partial charge in [0, 0.05) is 5.56 Å². The van der Waals surface area contributed by atoms with Crippen LogP contribution < -0.4 is 5.32 Å². The number of carbonyl (C=O) groups excluding carboxylic acids is 1. The van der Waals surface area contributed by atoms with Gasteiger partial charge in [0.1, 0.15) is 0 Å². The van der Waals surface area contributed by atoms with E-state index >= 15 is 0 Å². The third-order valence-corrected chi connectivity index (χ3v) is 3.29. The summed E-state index contributed by atoms with van der Waals surface area (Å²) in [7, 11) is 0. The lowest BCUT2D eigenvalue weighted by Crippen LogP contribution is -2.24. The van der Waals surface area contributed by atoms with Crippen LogP contribution in [0.15, 0.2) is 18.2 Å². The van der Waals surface area contributed by atoms with Gasteiger partial charge in [0.15, 0.2) is 17.3 Å². The Morgan fingerprint density at radius 1 is 1.05 bits per heavy atom. The zero-order valence-corrected chi connectivity index (χ0v) is 12.2. The van der Waals surface area contributed by atoms with Crippen LogP contribution >= 0.6 is 0 Å². The summed E-state index contributed by atoms with van der Waals surface area (Å²) in [5, 5.41) is 21.6. The molecule has 0 unspecified atom stereocenters. The average Bonchev–Trinajstić information content (AvgIpc) is 2.44. The third kappa shape index (κ3) is 6.06. The molecule has 0 fully saturated rings. The molecule has 0 aliphatic rings. The first kappa shape index (κ1) is 16.5. The number of Topliss-reactive ketones (excluding diaryl/α,β-unsaturated/α-hetero) is 1. The second kappa shape index (κ2) is 9.37. The lowest BCUT2D eigenvalue weighted by Gasteiger charge is -2.05. The van der Waals surface area contributed by atoms with Crippen LogP contribution in [0.2, 0.25) is 0 Å². The van der Waals surface area contributed by atoms with Crippen LogP contribution in [-0.4, -0.2) is 29.1 Å². The first-order chi connectivity index (χ1) is 9.65. The van der Waals surface area contributed by atoms with Gasteiger partial charge < -0.3 is 15.5 Å². The molecule has 0 heterocycles. The minimum atomic E-state index is -0.258. The molecule has 0 aliphatic heterocycles. The van der Waals surface area contributed by atoms with Crippen molar-refractivity contribution in [2.45, 2.75) is 45.4 Å². The highest BCUT2D eigenvalue weighted by Crippen LogP contribution is 2.24. The summed E-state index contributed by atoms with van der Waals surface area (Å²) < 4.78 is 0. The van der Waals surface area contributed by atoms with Crippen LogP contribution in [-0.2, 0) is 0 Å². The molecule has 0 spiro atoms. The van der Waals surface area contributed by atoms with E-state index in [0.29, 0.717) is 5.56 Å². The van der Waals surface area contributed by atoms with E-state index in [4.69, 9.17) is 0 Å². The molecule has 0 atom stereocenters. The van der Waals surface area contributed by atoms with Crippen molar-refractivity contribution in [3.8, 4) is 11.5 Å². The quantitative estimate of drug-likeness (QED) is 0.349. The third-order valence-electron chi connectivity index (χ3n) is 3.29. The molecule has 0 bridgehead atoms. The Kier molecular flexibility index (Phi) is 7.73. The smallest absolute Gasteiger partial charge is 0.176 e. The van der Waals surface area contributed by atoms with Gasteiger partial charge in [-0.1, -0.05) is 39.0 Å². The summed E-state index contributed by atoms with van der Waals surface area (Å²) in [6, 6.07) is 4.14. The summed E-state index contributed by atoms with van der Waals surface area (Å²) in [5.74, 6) is -0.542. The highest BCUT2D eigenvalue weighted by atomic mass is 16.3. The number of benzene rings is 1. The molecule has 1 aromatic rings. The number of unbranched alkanes of at least 4 members (excludes halogenated alkanes) is 5. The molecule has 4 nitrogen and oxygen atoms in total. The number of hydrogen-bond acceptors (Lipinski definition) is 4. The van der Waals surface area contributed by atoms with Crippen molar-refractivity contribution in [3.63, 3.8) is 0 Å². The number of phenols is 2. The van der Waals surface area contributed by atoms with Crippen molar-refractivity contribution in [1.82, 2.24) is 5.32 Å². The second-order valence-corrected chi connectivity index (χ2v) is 5.07. The fraction of sp³-hybridized carbons (Fsp3) is 0.562. The van der Waals surface area contributed by atoms with E-state index in [1.54, 1.807) is 0 Å². The number of rotatable bonds is 10. The number of phenolic OH excluding ortho intramolecular Hbond substituents is 2. The van der Waals surface area contributed by atoms with Gasteiger partial charge in [-0.3, -0.25) is 4.79 Å². The van der Waals surface area contributed by atoms with Gasteiger partial charge in [-0.2, -0.15) is 0 Å². The number of carbonyl (C=O) groups is 1. The van der Waals surface area contributed by atoms with Crippen molar-refractivity contribution in [1.29, 1.82) is 0 Å². The van der Waals surface area contributed by atoms with E-state index in [1.807, 2.05) is 0 Å². The maximum Gasteiger partial charge on any atom is 0.176 e. The van der Waals surface area contributed by atoms with Crippen LogP contribution in [0.25, 0.3) is 0 Å². The molecule has 0 amide bonds. The van der Waals surface area contributed by atoms with E-state index in [0.717, 1.165) is 13.0 Å². The predicted molar refractivity (Wildman–Crippen MR) is 80.3 cm³/mol. The van der Waals surface area contributed by atoms with E-state index in [2.05, 4.69) is 12.2 Å². The monoisotopic (exact) mass is 279 g/mol. The number of aromatic hydroxyl groups is 2. The van der Waals surface area contributed by atoms with Crippen molar-refractivity contribution >= 4 is 5.78 Å². The zero-order chi connectivity index (χ0) is 14.8. The molecule has 0 saturated carbocycles. The molecular formula is C16H25NO3. The van der Waals surface area contributed by atoms with Gasteiger partial charge in [0.05, 0.1) is 6.54 Å². The van der Waals surface area contributed by atoms with Gasteiger partial charge >= 0.3 is 0 Å². The van der Waals surface area contributed by atoms with Gasteiger partial charge in [-0.15, -0.1) is 0 Å². The molecular weight excluding hydrogens is 254 g/mol. The minimum Gasteiger partial charge on any atom is -0.504 e. The van der Waals surface area contributed by atoms with Gasteiger partial charge in [0.2, 0.25) is 0 Å². The van der Waals surface area contributed by atoms with E-state index in [9.17, 15) is 15.0 Å². The Bertz CT molecular complexity index is 418. The van der Waals surface area contributed by atoms with Crippen LogP contribution in [0, 0.1) is 0 Å². The Labute approximate surface area is 120 Å². The molecule has 112 valence electrons. The number of ketones is 1. The Balaban J connectivity index is 2.15. The van der Waals surface area contributed by atoms with E-state index in [-0.39, 0.29) is 23.8 Å². The largest absolute Gasteiger partial charge is 0.504 e. The lowest BCUT2D eigenvalue weighted by molar-refractivity contribution is 0.0990. The van der Waals surface area contributed by atoms with Crippen LogP contribution in [0.4, 0.5) is 0 Å². The average molecular weight is 279 g/mol. The van der Waals surface area contributed by atoms with Crippen LogP contribution in [0.5, 0.6) is 11.5 Å². The SMILES string of the molecule is CCCCCCCCNCC(=O)c1ccc(O)c(O)c1. The summed E-state index contributed by atoms with van der Waals surface area (Å²) in [6.45, 7) is 3.30. The molecule has 20 heavy (non-hydrogen) atoms. The normalized spacial score (nSPS) is 10.7. The van der Waals surface area contributed by atoms with Gasteiger partial charge in [0.25, 0.3) is 0 Å². The standard InChI is InChI=1S/C16H25NO3/c1-2-3-4-5-6-7-10-17-12-16(20)13-8-9-14(18)15(19)11-13/h8-9,11,17-19H,2-7,10,12H2,1H3. The van der Waals surface area contributed by atoms with Crippen molar-refractivity contribution in [2.75, 3.05) is 13.1 Å². The zero-order valence-electron chi connectivity index (χ0n) is 12.2. The van der Waals surface area contributed by atoms with E-state index < -0.39 is 0 Å². The predicted octanol–water partition coefficient (Wildman–Crippen LogP) is 3.23. The first-order valence-corrected chi connectivity index (χ1v) is 7.41. The molecule has 3 N–H and O–H groups in total. The Morgan fingerprint density at radius 2 is 1.75 bits per heavy atom. The van der Waals surface area contributed by atoms with Crippen molar-refractivity contribution in [2.24, 2.45) is 0 Å².